The maximum absolute atomic E-state index is 5.38. The third kappa shape index (κ3) is 2.91. The molecule has 2 nitrogen and oxygen atoms in total. The van der Waals surface area contributed by atoms with E-state index in [-0.39, 0.29) is 0 Å². The van der Waals surface area contributed by atoms with E-state index < -0.39 is 0 Å². The van der Waals surface area contributed by atoms with Crippen molar-refractivity contribution < 1.29 is 4.57 Å². The van der Waals surface area contributed by atoms with Gasteiger partial charge in [-0.05, 0) is 12.6 Å². The van der Waals surface area contributed by atoms with Crippen molar-refractivity contribution in [1.82, 2.24) is 0 Å². The number of pyridine rings is 1. The largest absolute Gasteiger partial charge is 0.330 e. The molecule has 0 atom stereocenters. The molecular weight excluding hydrogens is 156 g/mol. The fourth-order valence-electron chi connectivity index (χ4n) is 0.921. The molecule has 60 valence electrons. The van der Waals surface area contributed by atoms with Crippen molar-refractivity contribution >= 4 is 12.6 Å². The summed E-state index contributed by atoms with van der Waals surface area (Å²) < 4.78 is 2.09. The van der Waals surface area contributed by atoms with E-state index >= 15 is 0 Å². The maximum atomic E-state index is 5.38. The monoisotopic (exact) mass is 169 g/mol. The van der Waals surface area contributed by atoms with Crippen LogP contribution < -0.4 is 10.3 Å². The molecule has 0 bridgehead atoms. The molecule has 2 N–H and O–H groups in total. The molecule has 1 rings (SSSR count). The highest BCUT2D eigenvalue weighted by atomic mass is 32.1. The van der Waals surface area contributed by atoms with Crippen molar-refractivity contribution in [3.05, 3.63) is 24.5 Å². The third-order valence-electron chi connectivity index (χ3n) is 1.46. The second-order valence-electron chi connectivity index (χ2n) is 2.44. The average Bonchev–Trinajstić information content (AvgIpc) is 2.01. The summed E-state index contributed by atoms with van der Waals surface area (Å²) in [6.45, 7) is 1.72. The number of hydrogen-bond donors (Lipinski definition) is 2. The number of aromatic nitrogens is 1. The van der Waals surface area contributed by atoms with E-state index in [1.807, 2.05) is 24.5 Å². The first-order valence-corrected chi connectivity index (χ1v) is 4.16. The van der Waals surface area contributed by atoms with Gasteiger partial charge < -0.3 is 5.73 Å². The lowest BCUT2D eigenvalue weighted by Crippen LogP contribution is -2.33. The zero-order chi connectivity index (χ0) is 8.10. The number of rotatable bonds is 3. The van der Waals surface area contributed by atoms with Gasteiger partial charge in [0, 0.05) is 12.5 Å². The van der Waals surface area contributed by atoms with Gasteiger partial charge in [-0.1, -0.05) is 0 Å². The molecule has 0 spiro atoms. The number of aryl methyl sites for hydroxylation is 1. The molecule has 0 unspecified atom stereocenters. The standard InChI is InChI=1S/C8H12N2S/c9-4-2-6-10-5-1-3-8(11)7-10/h1,3,5,7H,2,4,6,9H2/p+1. The van der Waals surface area contributed by atoms with Crippen LogP contribution in [0.3, 0.4) is 0 Å². The molecule has 11 heavy (non-hydrogen) atoms. The Bertz CT molecular complexity index is 225. The first-order valence-electron chi connectivity index (χ1n) is 3.71. The normalized spacial score (nSPS) is 10.0. The predicted molar refractivity (Wildman–Crippen MR) is 47.6 cm³/mol. The zero-order valence-electron chi connectivity index (χ0n) is 6.40. The number of nitrogens with zero attached hydrogens (tertiary/aromatic N) is 1. The number of hydrogen-bond acceptors (Lipinski definition) is 2. The van der Waals surface area contributed by atoms with Crippen molar-refractivity contribution in [1.29, 1.82) is 0 Å². The highest BCUT2D eigenvalue weighted by molar-refractivity contribution is 7.80. The van der Waals surface area contributed by atoms with Crippen molar-refractivity contribution in [2.45, 2.75) is 17.9 Å². The van der Waals surface area contributed by atoms with Crippen LogP contribution in [0.5, 0.6) is 0 Å². The lowest BCUT2D eigenvalue weighted by atomic mass is 10.4. The molecule has 0 aliphatic rings. The van der Waals surface area contributed by atoms with Crippen LogP contribution in [0.2, 0.25) is 0 Å². The maximum Gasteiger partial charge on any atom is 0.182 e. The topological polar surface area (TPSA) is 29.9 Å². The van der Waals surface area contributed by atoms with Gasteiger partial charge in [-0.2, -0.15) is 0 Å². The Hall–Kier alpha value is -0.540. The second kappa shape index (κ2) is 4.36. The van der Waals surface area contributed by atoms with Gasteiger partial charge in [0.2, 0.25) is 0 Å². The molecule has 3 heteroatoms. The fraction of sp³-hybridized carbons (Fsp3) is 0.375. The van der Waals surface area contributed by atoms with Crippen molar-refractivity contribution in [3.8, 4) is 0 Å². The molecule has 1 aromatic heterocycles. The molecule has 1 heterocycles. The first kappa shape index (κ1) is 8.56. The van der Waals surface area contributed by atoms with E-state index in [0.29, 0.717) is 0 Å². The lowest BCUT2D eigenvalue weighted by molar-refractivity contribution is -0.698. The minimum absolute atomic E-state index is 0.740. The van der Waals surface area contributed by atoms with E-state index in [4.69, 9.17) is 5.73 Å². The Morgan fingerprint density at radius 2 is 2.36 bits per heavy atom. The molecule has 0 saturated carbocycles. The summed E-state index contributed by atoms with van der Waals surface area (Å²) in [5.41, 5.74) is 5.38. The molecule has 0 aliphatic heterocycles. The minimum atomic E-state index is 0.740. The van der Waals surface area contributed by atoms with Gasteiger partial charge in [0.05, 0.1) is 4.90 Å². The van der Waals surface area contributed by atoms with Gasteiger partial charge in [-0.3, -0.25) is 0 Å². The predicted octanol–water partition coefficient (Wildman–Crippen LogP) is 0.612. The summed E-state index contributed by atoms with van der Waals surface area (Å²) in [5, 5.41) is 0. The van der Waals surface area contributed by atoms with E-state index in [1.54, 1.807) is 0 Å². The Labute approximate surface area is 72.5 Å². The molecular formula is C8H13N2S+. The average molecular weight is 169 g/mol. The quantitative estimate of drug-likeness (QED) is 0.504. The number of nitrogens with two attached hydrogens (primary N) is 1. The van der Waals surface area contributed by atoms with Crippen LogP contribution in [0, 0.1) is 0 Å². The van der Waals surface area contributed by atoms with Gasteiger partial charge in [-0.15, -0.1) is 12.6 Å². The highest BCUT2D eigenvalue weighted by Gasteiger charge is 1.97. The summed E-state index contributed by atoms with van der Waals surface area (Å²) in [6, 6.07) is 3.95. The van der Waals surface area contributed by atoms with Crippen LogP contribution in [0.25, 0.3) is 0 Å². The fourth-order valence-corrected chi connectivity index (χ4v) is 1.16. The molecule has 0 saturated heterocycles. The SMILES string of the molecule is NCCC[n+]1cccc(S)c1. The van der Waals surface area contributed by atoms with Gasteiger partial charge in [0.15, 0.2) is 12.4 Å². The Morgan fingerprint density at radius 3 is 3.00 bits per heavy atom. The van der Waals surface area contributed by atoms with Crippen molar-refractivity contribution in [2.75, 3.05) is 6.54 Å². The minimum Gasteiger partial charge on any atom is -0.330 e. The van der Waals surface area contributed by atoms with Crippen LogP contribution in [0.4, 0.5) is 0 Å². The van der Waals surface area contributed by atoms with Crippen molar-refractivity contribution in [3.63, 3.8) is 0 Å². The summed E-state index contributed by atoms with van der Waals surface area (Å²) >= 11 is 4.22. The van der Waals surface area contributed by atoms with E-state index in [1.165, 1.54) is 0 Å². The van der Waals surface area contributed by atoms with Crippen LogP contribution >= 0.6 is 12.6 Å². The Balaban J connectivity index is 2.56. The smallest absolute Gasteiger partial charge is 0.182 e. The molecule has 0 aromatic carbocycles. The summed E-state index contributed by atoms with van der Waals surface area (Å²) in [7, 11) is 0. The first-order chi connectivity index (χ1) is 5.33. The molecule has 0 amide bonds. The highest BCUT2D eigenvalue weighted by Crippen LogP contribution is 1.98. The van der Waals surface area contributed by atoms with Crippen LogP contribution in [-0.4, -0.2) is 6.54 Å². The van der Waals surface area contributed by atoms with Gasteiger partial charge in [0.25, 0.3) is 0 Å². The molecule has 1 aromatic rings. The van der Waals surface area contributed by atoms with E-state index in [2.05, 4.69) is 17.2 Å². The van der Waals surface area contributed by atoms with Gasteiger partial charge >= 0.3 is 0 Å². The van der Waals surface area contributed by atoms with Crippen LogP contribution in [0.15, 0.2) is 29.4 Å². The number of thiol groups is 1. The molecule has 0 aliphatic carbocycles. The third-order valence-corrected chi connectivity index (χ3v) is 1.73. The Morgan fingerprint density at radius 1 is 1.55 bits per heavy atom. The zero-order valence-corrected chi connectivity index (χ0v) is 7.30. The van der Waals surface area contributed by atoms with Crippen LogP contribution in [0.1, 0.15) is 6.42 Å². The van der Waals surface area contributed by atoms with Gasteiger partial charge in [0.1, 0.15) is 6.54 Å². The summed E-state index contributed by atoms with van der Waals surface area (Å²) in [4.78, 5) is 0.990. The van der Waals surface area contributed by atoms with Crippen molar-refractivity contribution in [2.24, 2.45) is 5.73 Å². The van der Waals surface area contributed by atoms with E-state index in [0.717, 1.165) is 24.4 Å². The van der Waals surface area contributed by atoms with Gasteiger partial charge in [-0.25, -0.2) is 4.57 Å². The lowest BCUT2D eigenvalue weighted by Gasteiger charge is -1.94. The van der Waals surface area contributed by atoms with Crippen LogP contribution in [-0.2, 0) is 6.54 Å². The molecule has 0 radical (unpaired) electrons. The summed E-state index contributed by atoms with van der Waals surface area (Å²) in [5.74, 6) is 0. The van der Waals surface area contributed by atoms with E-state index in [9.17, 15) is 0 Å². The second-order valence-corrected chi connectivity index (χ2v) is 2.96. The molecule has 0 fully saturated rings. The Kier molecular flexibility index (Phi) is 3.39. The summed E-state index contributed by atoms with van der Waals surface area (Å²) in [6.07, 6.45) is 5.04.